The molecule has 0 atom stereocenters. The molecule has 0 heterocycles. The average Bonchev–Trinajstić information content (AvgIpc) is 2.37. The zero-order chi connectivity index (χ0) is 15.3. The Hall–Kier alpha value is -1.35. The first kappa shape index (κ1) is 16.7. The summed E-state index contributed by atoms with van der Waals surface area (Å²) in [6.07, 6.45) is 0. The van der Waals surface area contributed by atoms with Crippen molar-refractivity contribution in [2.24, 2.45) is 0 Å². The van der Waals surface area contributed by atoms with Gasteiger partial charge < -0.3 is 14.6 Å². The summed E-state index contributed by atoms with van der Waals surface area (Å²) in [5.74, 6) is -1.61. The average molecular weight is 324 g/mol. The lowest BCUT2D eigenvalue weighted by Crippen LogP contribution is -2.28. The molecule has 0 aliphatic rings. The van der Waals surface area contributed by atoms with Crippen LogP contribution in [0.25, 0.3) is 0 Å². The fourth-order valence-corrected chi connectivity index (χ4v) is 3.00. The second kappa shape index (κ2) is 6.89. The van der Waals surface area contributed by atoms with Gasteiger partial charge in [0.1, 0.15) is 10.5 Å². The van der Waals surface area contributed by atoms with Gasteiger partial charge in [0.15, 0.2) is 5.75 Å². The van der Waals surface area contributed by atoms with Crippen LogP contribution in [0.1, 0.15) is 10.4 Å². The first-order valence-electron chi connectivity index (χ1n) is 5.43. The van der Waals surface area contributed by atoms with Gasteiger partial charge >= 0.3 is 5.97 Å². The van der Waals surface area contributed by atoms with Crippen molar-refractivity contribution in [2.45, 2.75) is 4.90 Å². The lowest BCUT2D eigenvalue weighted by atomic mass is 10.2. The summed E-state index contributed by atoms with van der Waals surface area (Å²) in [6.45, 7) is 0.213. The molecule has 1 aromatic rings. The number of aromatic carboxylic acids is 1. The summed E-state index contributed by atoms with van der Waals surface area (Å²) in [4.78, 5) is 10.8. The van der Waals surface area contributed by atoms with Crippen molar-refractivity contribution >= 4 is 27.6 Å². The second-order valence-corrected chi connectivity index (χ2v) is 5.85. The number of hydrogen-bond acceptors (Lipinski definition) is 5. The van der Waals surface area contributed by atoms with Crippen LogP contribution in [0, 0.1) is 0 Å². The van der Waals surface area contributed by atoms with E-state index in [1.165, 1.54) is 14.2 Å². The molecule has 0 saturated heterocycles. The molecule has 7 nitrogen and oxygen atoms in total. The molecule has 0 spiro atoms. The Morgan fingerprint density at radius 1 is 1.40 bits per heavy atom. The van der Waals surface area contributed by atoms with Crippen molar-refractivity contribution in [2.75, 3.05) is 27.4 Å². The number of halogens is 1. The lowest BCUT2D eigenvalue weighted by Gasteiger charge is -2.13. The highest BCUT2D eigenvalue weighted by Gasteiger charge is 2.25. The molecule has 0 aliphatic heterocycles. The summed E-state index contributed by atoms with van der Waals surface area (Å²) < 4.78 is 36.1. The number of carboxylic acids is 1. The molecule has 0 amide bonds. The van der Waals surface area contributed by atoms with E-state index in [-0.39, 0.29) is 34.4 Å². The fraction of sp³-hybridized carbons (Fsp3) is 0.364. The quantitative estimate of drug-likeness (QED) is 0.725. The molecule has 9 heteroatoms. The van der Waals surface area contributed by atoms with E-state index in [1.807, 2.05) is 0 Å². The first-order valence-corrected chi connectivity index (χ1v) is 7.29. The SMILES string of the molecule is COCCNS(=O)(=O)c1cc(Cl)cc(C(=O)O)c1OC. The van der Waals surface area contributed by atoms with Gasteiger partial charge in [0.05, 0.1) is 13.7 Å². The number of sulfonamides is 1. The Kier molecular flexibility index (Phi) is 5.75. The Labute approximate surface area is 121 Å². The highest BCUT2D eigenvalue weighted by molar-refractivity contribution is 7.89. The van der Waals surface area contributed by atoms with Crippen molar-refractivity contribution in [1.82, 2.24) is 4.72 Å². The monoisotopic (exact) mass is 323 g/mol. The van der Waals surface area contributed by atoms with Crippen molar-refractivity contribution in [3.63, 3.8) is 0 Å². The Morgan fingerprint density at radius 3 is 2.55 bits per heavy atom. The van der Waals surface area contributed by atoms with Crippen LogP contribution in [0.15, 0.2) is 17.0 Å². The topological polar surface area (TPSA) is 102 Å². The van der Waals surface area contributed by atoms with Gasteiger partial charge in [-0.2, -0.15) is 0 Å². The molecule has 2 N–H and O–H groups in total. The molecule has 1 rings (SSSR count). The smallest absolute Gasteiger partial charge is 0.339 e. The number of carbonyl (C=O) groups is 1. The lowest BCUT2D eigenvalue weighted by molar-refractivity contribution is 0.0693. The van der Waals surface area contributed by atoms with Gasteiger partial charge in [-0.05, 0) is 12.1 Å². The molecule has 0 aliphatic carbocycles. The number of methoxy groups -OCH3 is 2. The van der Waals surface area contributed by atoms with Crippen LogP contribution >= 0.6 is 11.6 Å². The Balaban J connectivity index is 3.33. The van der Waals surface area contributed by atoms with Crippen LogP contribution in [0.5, 0.6) is 5.75 Å². The normalized spacial score (nSPS) is 11.3. The van der Waals surface area contributed by atoms with Gasteiger partial charge in [-0.1, -0.05) is 11.6 Å². The molecule has 0 saturated carbocycles. The van der Waals surface area contributed by atoms with E-state index in [0.29, 0.717) is 0 Å². The zero-order valence-electron chi connectivity index (χ0n) is 10.8. The summed E-state index contributed by atoms with van der Waals surface area (Å²) in [5.41, 5.74) is -0.327. The van der Waals surface area contributed by atoms with Crippen LogP contribution in [-0.2, 0) is 14.8 Å². The molecule has 0 fully saturated rings. The standard InChI is InChI=1S/C11H14ClNO6S/c1-18-4-3-13-20(16,17)9-6-7(12)5-8(11(14)15)10(9)19-2/h5-6,13H,3-4H2,1-2H3,(H,14,15). The van der Waals surface area contributed by atoms with Gasteiger partial charge in [-0.3, -0.25) is 0 Å². The van der Waals surface area contributed by atoms with E-state index >= 15 is 0 Å². The summed E-state index contributed by atoms with van der Waals surface area (Å²) in [6, 6.07) is 2.25. The van der Waals surface area contributed by atoms with Crippen molar-refractivity contribution in [1.29, 1.82) is 0 Å². The molecule has 0 bridgehead atoms. The third kappa shape index (κ3) is 3.83. The Bertz CT molecular complexity index is 601. The van der Waals surface area contributed by atoms with Crippen molar-refractivity contribution in [3.8, 4) is 5.75 Å². The van der Waals surface area contributed by atoms with Crippen LogP contribution in [-0.4, -0.2) is 46.9 Å². The molecule has 112 valence electrons. The minimum Gasteiger partial charge on any atom is -0.494 e. The molecule has 0 radical (unpaired) electrons. The first-order chi connectivity index (χ1) is 9.33. The summed E-state index contributed by atoms with van der Waals surface area (Å²) >= 11 is 5.75. The maximum Gasteiger partial charge on any atom is 0.339 e. The van der Waals surface area contributed by atoms with E-state index in [9.17, 15) is 13.2 Å². The molecule has 1 aromatic carbocycles. The van der Waals surface area contributed by atoms with Crippen LogP contribution in [0.4, 0.5) is 0 Å². The Morgan fingerprint density at radius 2 is 2.05 bits per heavy atom. The largest absolute Gasteiger partial charge is 0.494 e. The molecular formula is C11H14ClNO6S. The highest BCUT2D eigenvalue weighted by atomic mass is 35.5. The number of benzene rings is 1. The third-order valence-electron chi connectivity index (χ3n) is 2.34. The number of nitrogens with one attached hydrogen (secondary N) is 1. The highest BCUT2D eigenvalue weighted by Crippen LogP contribution is 2.31. The summed E-state index contributed by atoms with van der Waals surface area (Å²) in [5, 5.41) is 9.03. The number of rotatable bonds is 7. The van der Waals surface area contributed by atoms with Crippen LogP contribution < -0.4 is 9.46 Å². The molecule has 0 unspecified atom stereocenters. The van der Waals surface area contributed by atoms with Gasteiger partial charge in [0.25, 0.3) is 0 Å². The number of carboxylic acid groups (broad SMARTS) is 1. The predicted octanol–water partition coefficient (Wildman–Crippen LogP) is 0.972. The zero-order valence-corrected chi connectivity index (χ0v) is 12.4. The van der Waals surface area contributed by atoms with Crippen molar-refractivity contribution < 1.29 is 27.8 Å². The van der Waals surface area contributed by atoms with Gasteiger partial charge in [-0.25, -0.2) is 17.9 Å². The van der Waals surface area contributed by atoms with Crippen LogP contribution in [0.2, 0.25) is 5.02 Å². The summed E-state index contributed by atoms with van der Waals surface area (Å²) in [7, 11) is -1.34. The fourth-order valence-electron chi connectivity index (χ4n) is 1.49. The van der Waals surface area contributed by atoms with Gasteiger partial charge in [-0.15, -0.1) is 0 Å². The van der Waals surface area contributed by atoms with Crippen LogP contribution in [0.3, 0.4) is 0 Å². The van der Waals surface area contributed by atoms with E-state index in [0.717, 1.165) is 12.1 Å². The molecular weight excluding hydrogens is 310 g/mol. The third-order valence-corrected chi connectivity index (χ3v) is 4.03. The van der Waals surface area contributed by atoms with E-state index < -0.39 is 16.0 Å². The maximum absolute atomic E-state index is 12.1. The van der Waals surface area contributed by atoms with Crippen molar-refractivity contribution in [3.05, 3.63) is 22.7 Å². The maximum atomic E-state index is 12.1. The van der Waals surface area contributed by atoms with Gasteiger partial charge in [0, 0.05) is 18.7 Å². The number of hydrogen-bond donors (Lipinski definition) is 2. The minimum absolute atomic E-state index is 0.0182. The molecule has 0 aromatic heterocycles. The predicted molar refractivity (Wildman–Crippen MR) is 72.0 cm³/mol. The van der Waals surface area contributed by atoms with E-state index in [2.05, 4.69) is 4.72 Å². The number of ether oxygens (including phenoxy) is 2. The second-order valence-electron chi connectivity index (χ2n) is 3.68. The van der Waals surface area contributed by atoms with E-state index in [1.54, 1.807) is 0 Å². The van der Waals surface area contributed by atoms with Gasteiger partial charge in [0.2, 0.25) is 10.0 Å². The minimum atomic E-state index is -3.96. The molecule has 20 heavy (non-hydrogen) atoms. The van der Waals surface area contributed by atoms with E-state index in [4.69, 9.17) is 26.2 Å².